The number of carbonyl (C=O) groups is 1. The van der Waals surface area contributed by atoms with Crippen molar-refractivity contribution >= 4 is 11.6 Å². The molecule has 0 radical (unpaired) electrons. The van der Waals surface area contributed by atoms with E-state index in [-0.39, 0.29) is 18.9 Å². The number of ether oxygens (including phenoxy) is 1. The summed E-state index contributed by atoms with van der Waals surface area (Å²) in [5.41, 5.74) is 3.13. The van der Waals surface area contributed by atoms with E-state index >= 15 is 0 Å². The lowest BCUT2D eigenvalue weighted by Gasteiger charge is -2.34. The van der Waals surface area contributed by atoms with Gasteiger partial charge in [0.15, 0.2) is 5.65 Å². The Hall–Kier alpha value is -3.72. The molecule has 0 amide bonds. The highest BCUT2D eigenvalue weighted by Crippen LogP contribution is 2.44. The SMILES string of the molecule is Cc1ccc(C(c2ccn3c(C(F)(F)F)nnc3c2C)C(C)(C)C(=O)OCc2ccccc2)cc1CO. The monoisotopic (exact) mass is 511 g/mol. The Kier molecular flexibility index (Phi) is 7.10. The molecule has 0 aliphatic carbocycles. The van der Waals surface area contributed by atoms with Crippen molar-refractivity contribution in [2.75, 3.05) is 0 Å². The number of nitrogens with zero attached hydrogens (tertiary/aromatic N) is 3. The van der Waals surface area contributed by atoms with E-state index in [0.717, 1.165) is 21.1 Å². The van der Waals surface area contributed by atoms with Crippen molar-refractivity contribution in [2.24, 2.45) is 5.41 Å². The maximum Gasteiger partial charge on any atom is 0.452 e. The van der Waals surface area contributed by atoms with Gasteiger partial charge in [-0.1, -0.05) is 48.5 Å². The highest BCUT2D eigenvalue weighted by molar-refractivity contribution is 5.79. The average Bonchev–Trinajstić information content (AvgIpc) is 3.31. The Morgan fingerprint density at radius 2 is 1.76 bits per heavy atom. The van der Waals surface area contributed by atoms with Crippen LogP contribution in [0.1, 0.15) is 59.0 Å². The first-order chi connectivity index (χ1) is 17.4. The van der Waals surface area contributed by atoms with E-state index in [4.69, 9.17) is 4.74 Å². The summed E-state index contributed by atoms with van der Waals surface area (Å²) in [7, 11) is 0. The van der Waals surface area contributed by atoms with Crippen molar-refractivity contribution < 1.29 is 27.8 Å². The van der Waals surface area contributed by atoms with E-state index in [1.807, 2.05) is 55.5 Å². The third-order valence-electron chi connectivity index (χ3n) is 6.77. The van der Waals surface area contributed by atoms with Gasteiger partial charge in [-0.15, -0.1) is 10.2 Å². The van der Waals surface area contributed by atoms with Gasteiger partial charge in [0.05, 0.1) is 12.0 Å². The molecule has 2 heterocycles. The van der Waals surface area contributed by atoms with Crippen LogP contribution in [0.3, 0.4) is 0 Å². The summed E-state index contributed by atoms with van der Waals surface area (Å²) < 4.78 is 46.9. The molecule has 4 aromatic rings. The number of fused-ring (bicyclic) bond motifs is 1. The van der Waals surface area contributed by atoms with Gasteiger partial charge < -0.3 is 9.84 Å². The molecule has 194 valence electrons. The highest BCUT2D eigenvalue weighted by Gasteiger charge is 2.42. The van der Waals surface area contributed by atoms with E-state index in [9.17, 15) is 23.1 Å². The number of hydrogen-bond donors (Lipinski definition) is 1. The molecule has 1 unspecified atom stereocenters. The highest BCUT2D eigenvalue weighted by atomic mass is 19.4. The van der Waals surface area contributed by atoms with Crippen LogP contribution in [0.4, 0.5) is 13.2 Å². The van der Waals surface area contributed by atoms with E-state index < -0.39 is 29.3 Å². The Bertz CT molecular complexity index is 1430. The molecule has 2 aromatic heterocycles. The lowest BCUT2D eigenvalue weighted by Crippen LogP contribution is -2.34. The summed E-state index contributed by atoms with van der Waals surface area (Å²) in [6, 6.07) is 16.4. The molecule has 4 rings (SSSR count). The number of benzene rings is 2. The number of aromatic nitrogens is 3. The topological polar surface area (TPSA) is 76.7 Å². The van der Waals surface area contributed by atoms with Crippen molar-refractivity contribution in [3.63, 3.8) is 0 Å². The second kappa shape index (κ2) is 9.97. The molecule has 2 aromatic carbocycles. The van der Waals surface area contributed by atoms with Crippen LogP contribution in [0.2, 0.25) is 0 Å². The minimum absolute atomic E-state index is 0.0535. The molecule has 0 aliphatic heterocycles. The Labute approximate surface area is 212 Å². The smallest absolute Gasteiger partial charge is 0.452 e. The van der Waals surface area contributed by atoms with Crippen LogP contribution >= 0.6 is 0 Å². The first-order valence-corrected chi connectivity index (χ1v) is 11.8. The van der Waals surface area contributed by atoms with Crippen LogP contribution in [0.25, 0.3) is 5.65 Å². The number of alkyl halides is 3. The Balaban J connectivity index is 1.83. The van der Waals surface area contributed by atoms with Gasteiger partial charge in [-0.25, -0.2) is 0 Å². The maximum atomic E-state index is 13.5. The molecule has 37 heavy (non-hydrogen) atoms. The van der Waals surface area contributed by atoms with E-state index in [1.54, 1.807) is 26.8 Å². The van der Waals surface area contributed by atoms with E-state index in [1.165, 1.54) is 6.20 Å². The number of pyridine rings is 1. The third-order valence-corrected chi connectivity index (χ3v) is 6.77. The summed E-state index contributed by atoms with van der Waals surface area (Å²) in [4.78, 5) is 13.5. The fourth-order valence-electron chi connectivity index (χ4n) is 4.66. The standard InChI is InChI=1S/C28H28F3N3O3/c1-17-10-11-20(14-21(17)15-35)23(27(3,4)26(36)37-16-19-8-6-5-7-9-19)22-12-13-34-24(18(22)2)32-33-25(34)28(29,30)31/h5-14,23,35H,15-16H2,1-4H3. The average molecular weight is 512 g/mol. The van der Waals surface area contributed by atoms with Crippen molar-refractivity contribution in [3.05, 3.63) is 100.0 Å². The van der Waals surface area contributed by atoms with Crippen LogP contribution in [-0.4, -0.2) is 25.7 Å². The first-order valence-electron chi connectivity index (χ1n) is 11.8. The fourth-order valence-corrected chi connectivity index (χ4v) is 4.66. The minimum Gasteiger partial charge on any atom is -0.460 e. The molecule has 0 fully saturated rings. The maximum absolute atomic E-state index is 13.5. The second-order valence-corrected chi connectivity index (χ2v) is 9.67. The van der Waals surface area contributed by atoms with Gasteiger partial charge in [0.25, 0.3) is 0 Å². The lowest BCUT2D eigenvalue weighted by atomic mass is 9.70. The van der Waals surface area contributed by atoms with Gasteiger partial charge >= 0.3 is 12.1 Å². The molecule has 0 saturated heterocycles. The van der Waals surface area contributed by atoms with Crippen molar-refractivity contribution in [2.45, 2.75) is 53.0 Å². The van der Waals surface area contributed by atoms with Crippen molar-refractivity contribution in [1.29, 1.82) is 0 Å². The molecular formula is C28H28F3N3O3. The first kappa shape index (κ1) is 26.3. The number of rotatable bonds is 7. The number of aliphatic hydroxyl groups is 1. The number of aryl methyl sites for hydroxylation is 2. The van der Waals surface area contributed by atoms with Crippen LogP contribution in [0.15, 0.2) is 60.8 Å². The van der Waals surface area contributed by atoms with Crippen molar-refractivity contribution in [3.8, 4) is 0 Å². The molecule has 0 aliphatic rings. The number of esters is 1. The van der Waals surface area contributed by atoms with E-state index in [2.05, 4.69) is 10.2 Å². The summed E-state index contributed by atoms with van der Waals surface area (Å²) in [6.07, 6.45) is -3.39. The number of carbonyl (C=O) groups excluding carboxylic acids is 1. The zero-order valence-corrected chi connectivity index (χ0v) is 21.0. The van der Waals surface area contributed by atoms with E-state index in [0.29, 0.717) is 16.7 Å². The zero-order chi connectivity index (χ0) is 27.0. The van der Waals surface area contributed by atoms with Crippen LogP contribution < -0.4 is 0 Å². The molecule has 1 N–H and O–H groups in total. The predicted octanol–water partition coefficient (Wildman–Crippen LogP) is 5.76. The van der Waals surface area contributed by atoms with Gasteiger partial charge in [0.1, 0.15) is 6.61 Å². The van der Waals surface area contributed by atoms with Gasteiger partial charge in [-0.3, -0.25) is 9.20 Å². The molecular weight excluding hydrogens is 483 g/mol. The van der Waals surface area contributed by atoms with Crippen LogP contribution in [0, 0.1) is 19.3 Å². The zero-order valence-electron chi connectivity index (χ0n) is 21.0. The Morgan fingerprint density at radius 3 is 2.41 bits per heavy atom. The van der Waals surface area contributed by atoms with Crippen molar-refractivity contribution in [1.82, 2.24) is 14.6 Å². The van der Waals surface area contributed by atoms with Gasteiger partial charge in [0, 0.05) is 12.1 Å². The van der Waals surface area contributed by atoms with Crippen LogP contribution in [0.5, 0.6) is 0 Å². The summed E-state index contributed by atoms with van der Waals surface area (Å²) in [5, 5.41) is 17.0. The fraction of sp³-hybridized carbons (Fsp3) is 0.321. The number of aliphatic hydroxyl groups excluding tert-OH is 1. The summed E-state index contributed by atoms with van der Waals surface area (Å²) in [6.45, 7) is 6.93. The normalized spacial score (nSPS) is 13.1. The minimum atomic E-state index is -4.67. The number of hydrogen-bond acceptors (Lipinski definition) is 5. The predicted molar refractivity (Wildman–Crippen MR) is 132 cm³/mol. The summed E-state index contributed by atoms with van der Waals surface area (Å²) in [5.74, 6) is -2.20. The molecule has 9 heteroatoms. The number of halogens is 3. The molecule has 1 atom stereocenters. The van der Waals surface area contributed by atoms with Gasteiger partial charge in [0.2, 0.25) is 5.82 Å². The second-order valence-electron chi connectivity index (χ2n) is 9.67. The molecule has 0 bridgehead atoms. The quantitative estimate of drug-likeness (QED) is 0.319. The third kappa shape index (κ3) is 5.09. The lowest BCUT2D eigenvalue weighted by molar-refractivity contribution is -0.156. The molecule has 0 saturated carbocycles. The molecule has 6 nitrogen and oxygen atoms in total. The summed E-state index contributed by atoms with van der Waals surface area (Å²) >= 11 is 0. The Morgan fingerprint density at radius 1 is 1.05 bits per heavy atom. The van der Waals surface area contributed by atoms with Gasteiger partial charge in [-0.2, -0.15) is 13.2 Å². The molecule has 0 spiro atoms. The van der Waals surface area contributed by atoms with Gasteiger partial charge in [-0.05, 0) is 67.1 Å². The largest absolute Gasteiger partial charge is 0.460 e. The van der Waals surface area contributed by atoms with Crippen LogP contribution in [-0.2, 0) is 28.9 Å².